The van der Waals surface area contributed by atoms with E-state index in [9.17, 15) is 4.39 Å². The predicted octanol–water partition coefficient (Wildman–Crippen LogP) is 4.11. The van der Waals surface area contributed by atoms with Crippen LogP contribution >= 0.6 is 38.5 Å². The Kier molecular flexibility index (Phi) is 3.22. The second-order valence-corrected chi connectivity index (χ2v) is 6.14. The minimum atomic E-state index is -0.334. The molecule has 3 nitrogen and oxygen atoms in total. The van der Waals surface area contributed by atoms with Crippen molar-refractivity contribution in [2.24, 2.45) is 0 Å². The first kappa shape index (κ1) is 12.9. The lowest BCUT2D eigenvalue weighted by Gasteiger charge is -2.06. The molecule has 96 valence electrons. The molecular weight excluding hydrogens is 424 g/mol. The Bertz CT molecular complexity index is 768. The fraction of sp³-hybridized carbons (Fsp3) is 0. The van der Waals surface area contributed by atoms with Crippen molar-refractivity contribution in [2.75, 3.05) is 5.73 Å². The molecule has 3 aromatic rings. The van der Waals surface area contributed by atoms with Gasteiger partial charge >= 0.3 is 0 Å². The van der Waals surface area contributed by atoms with E-state index >= 15 is 0 Å². The molecule has 0 atom stereocenters. The fourth-order valence-electron chi connectivity index (χ4n) is 1.95. The van der Waals surface area contributed by atoms with Crippen molar-refractivity contribution in [2.45, 2.75) is 0 Å². The number of hydrogen-bond donors (Lipinski definition) is 1. The SMILES string of the molecule is Nc1nc2cc(Br)c(F)cc2n1-c1ccc(I)cc1. The summed E-state index contributed by atoms with van der Waals surface area (Å²) in [5, 5.41) is 0. The van der Waals surface area contributed by atoms with E-state index < -0.39 is 0 Å². The minimum absolute atomic E-state index is 0.334. The van der Waals surface area contributed by atoms with Gasteiger partial charge in [-0.25, -0.2) is 9.37 Å². The third kappa shape index (κ3) is 2.23. The molecule has 2 aromatic carbocycles. The molecule has 0 radical (unpaired) electrons. The first-order valence-corrected chi connectivity index (χ1v) is 7.32. The fourth-order valence-corrected chi connectivity index (χ4v) is 2.64. The van der Waals surface area contributed by atoms with E-state index in [2.05, 4.69) is 43.5 Å². The molecule has 6 heteroatoms. The van der Waals surface area contributed by atoms with Crippen LogP contribution in [0.15, 0.2) is 40.9 Å². The highest BCUT2D eigenvalue weighted by Gasteiger charge is 2.12. The molecular formula is C13H8BrFIN3. The summed E-state index contributed by atoms with van der Waals surface area (Å²) in [5.74, 6) is 0.00729. The number of nitrogen functional groups attached to an aromatic ring is 1. The van der Waals surface area contributed by atoms with Crippen LogP contribution in [0.25, 0.3) is 16.7 Å². The molecule has 2 N–H and O–H groups in total. The van der Waals surface area contributed by atoms with Crippen LogP contribution in [0, 0.1) is 9.39 Å². The zero-order valence-electron chi connectivity index (χ0n) is 9.57. The van der Waals surface area contributed by atoms with Crippen molar-refractivity contribution in [3.05, 3.63) is 50.3 Å². The van der Waals surface area contributed by atoms with Crippen molar-refractivity contribution < 1.29 is 4.39 Å². The van der Waals surface area contributed by atoms with E-state index in [4.69, 9.17) is 5.73 Å². The summed E-state index contributed by atoms with van der Waals surface area (Å²) in [6.45, 7) is 0. The number of halogens is 3. The van der Waals surface area contributed by atoms with Crippen LogP contribution in [0.2, 0.25) is 0 Å². The molecule has 0 aliphatic carbocycles. The van der Waals surface area contributed by atoms with Gasteiger partial charge in [0, 0.05) is 15.3 Å². The summed E-state index contributed by atoms with van der Waals surface area (Å²) < 4.78 is 16.9. The Balaban J connectivity index is 2.31. The number of rotatable bonds is 1. The van der Waals surface area contributed by atoms with Gasteiger partial charge in [-0.15, -0.1) is 0 Å². The van der Waals surface area contributed by atoms with Gasteiger partial charge in [-0.05, 0) is 68.9 Å². The molecule has 0 aliphatic heterocycles. The van der Waals surface area contributed by atoms with E-state index in [0.717, 1.165) is 9.26 Å². The number of aromatic nitrogens is 2. The first-order valence-electron chi connectivity index (χ1n) is 5.45. The summed E-state index contributed by atoms with van der Waals surface area (Å²) >= 11 is 5.38. The van der Waals surface area contributed by atoms with E-state index in [1.165, 1.54) is 6.07 Å². The topological polar surface area (TPSA) is 43.8 Å². The lowest BCUT2D eigenvalue weighted by atomic mass is 10.2. The number of fused-ring (bicyclic) bond motifs is 1. The number of imidazole rings is 1. The third-order valence-electron chi connectivity index (χ3n) is 2.81. The van der Waals surface area contributed by atoms with Crippen LogP contribution in [0.1, 0.15) is 0 Å². The molecule has 0 fully saturated rings. The lowest BCUT2D eigenvalue weighted by molar-refractivity contribution is 0.622. The summed E-state index contributed by atoms with van der Waals surface area (Å²) in [7, 11) is 0. The van der Waals surface area contributed by atoms with Crippen LogP contribution in [0.4, 0.5) is 10.3 Å². The first-order chi connectivity index (χ1) is 9.06. The molecule has 0 amide bonds. The highest BCUT2D eigenvalue weighted by molar-refractivity contribution is 14.1. The smallest absolute Gasteiger partial charge is 0.205 e. The molecule has 0 spiro atoms. The van der Waals surface area contributed by atoms with E-state index in [1.807, 2.05) is 24.3 Å². The van der Waals surface area contributed by atoms with Gasteiger partial charge in [0.15, 0.2) is 0 Å². The average Bonchev–Trinajstić information content (AvgIpc) is 2.67. The number of anilines is 1. The van der Waals surface area contributed by atoms with Gasteiger partial charge in [-0.1, -0.05) is 0 Å². The largest absolute Gasteiger partial charge is 0.369 e. The molecule has 0 aliphatic rings. The summed E-state index contributed by atoms with van der Waals surface area (Å²) in [6.07, 6.45) is 0. The summed E-state index contributed by atoms with van der Waals surface area (Å²) in [4.78, 5) is 4.26. The van der Waals surface area contributed by atoms with Gasteiger partial charge in [-0.3, -0.25) is 4.57 Å². The van der Waals surface area contributed by atoms with E-state index in [1.54, 1.807) is 10.6 Å². The van der Waals surface area contributed by atoms with Crippen molar-refractivity contribution in [1.29, 1.82) is 0 Å². The van der Waals surface area contributed by atoms with Crippen LogP contribution < -0.4 is 5.73 Å². The second kappa shape index (κ2) is 4.75. The summed E-state index contributed by atoms with van der Waals surface area (Å²) in [5.41, 5.74) is 8.11. The van der Waals surface area contributed by atoms with Gasteiger partial charge < -0.3 is 5.73 Å². The highest BCUT2D eigenvalue weighted by atomic mass is 127. The van der Waals surface area contributed by atoms with Gasteiger partial charge in [0.25, 0.3) is 0 Å². The minimum Gasteiger partial charge on any atom is -0.369 e. The molecule has 3 rings (SSSR count). The van der Waals surface area contributed by atoms with Crippen LogP contribution in [-0.4, -0.2) is 9.55 Å². The normalized spacial score (nSPS) is 11.1. The van der Waals surface area contributed by atoms with Crippen LogP contribution in [-0.2, 0) is 0 Å². The number of hydrogen-bond acceptors (Lipinski definition) is 2. The Morgan fingerprint density at radius 2 is 1.89 bits per heavy atom. The maximum Gasteiger partial charge on any atom is 0.205 e. The molecule has 0 saturated heterocycles. The molecule has 1 aromatic heterocycles. The quantitative estimate of drug-likeness (QED) is 0.589. The van der Waals surface area contributed by atoms with Gasteiger partial charge in [0.1, 0.15) is 5.82 Å². The maximum absolute atomic E-state index is 13.7. The third-order valence-corrected chi connectivity index (χ3v) is 4.13. The lowest BCUT2D eigenvalue weighted by Crippen LogP contribution is -2.00. The van der Waals surface area contributed by atoms with Crippen LogP contribution in [0.5, 0.6) is 0 Å². The summed E-state index contributed by atoms with van der Waals surface area (Å²) in [6, 6.07) is 10.9. The van der Waals surface area contributed by atoms with Gasteiger partial charge in [0.05, 0.1) is 15.5 Å². The zero-order chi connectivity index (χ0) is 13.6. The predicted molar refractivity (Wildman–Crippen MR) is 85.9 cm³/mol. The van der Waals surface area contributed by atoms with Crippen molar-refractivity contribution >= 4 is 55.5 Å². The molecule has 0 bridgehead atoms. The Morgan fingerprint density at radius 3 is 2.58 bits per heavy atom. The standard InChI is InChI=1S/C13H8BrFIN3/c14-9-5-11-12(6-10(9)15)19(13(17)18-11)8-3-1-7(16)2-4-8/h1-6H,(H2,17,18). The second-order valence-electron chi connectivity index (χ2n) is 4.04. The van der Waals surface area contributed by atoms with Crippen molar-refractivity contribution in [3.63, 3.8) is 0 Å². The number of benzene rings is 2. The van der Waals surface area contributed by atoms with E-state index in [0.29, 0.717) is 21.5 Å². The molecule has 0 unspecified atom stereocenters. The van der Waals surface area contributed by atoms with Crippen molar-refractivity contribution in [3.8, 4) is 5.69 Å². The zero-order valence-corrected chi connectivity index (χ0v) is 13.3. The molecule has 19 heavy (non-hydrogen) atoms. The number of nitrogens with two attached hydrogens (primary N) is 1. The Hall–Kier alpha value is -1.15. The maximum atomic E-state index is 13.7. The average molecular weight is 432 g/mol. The molecule has 0 saturated carbocycles. The van der Waals surface area contributed by atoms with Gasteiger partial charge in [0.2, 0.25) is 5.95 Å². The van der Waals surface area contributed by atoms with Crippen LogP contribution in [0.3, 0.4) is 0 Å². The Labute approximate surface area is 130 Å². The van der Waals surface area contributed by atoms with Gasteiger partial charge in [-0.2, -0.15) is 0 Å². The Morgan fingerprint density at radius 1 is 1.21 bits per heavy atom. The number of nitrogens with zero attached hydrogens (tertiary/aromatic N) is 2. The monoisotopic (exact) mass is 431 g/mol. The highest BCUT2D eigenvalue weighted by Crippen LogP contribution is 2.27. The molecule has 1 heterocycles. The van der Waals surface area contributed by atoms with Crippen molar-refractivity contribution in [1.82, 2.24) is 9.55 Å². The van der Waals surface area contributed by atoms with E-state index in [-0.39, 0.29) is 5.82 Å².